The van der Waals surface area contributed by atoms with Crippen molar-refractivity contribution in [2.45, 2.75) is 40.2 Å². The van der Waals surface area contributed by atoms with Crippen molar-refractivity contribution in [3.05, 3.63) is 43.7 Å². The van der Waals surface area contributed by atoms with E-state index in [0.29, 0.717) is 24.5 Å². The maximum Gasteiger partial charge on any atom is 0.331 e. The first-order valence-corrected chi connectivity index (χ1v) is 6.41. The molecule has 0 saturated heterocycles. The molecule has 0 aliphatic heterocycles. The molecule has 2 aromatic rings. The van der Waals surface area contributed by atoms with Gasteiger partial charge < -0.3 is 9.52 Å². The molecular weight excluding hydrogens is 262 g/mol. The average molecular weight is 279 g/mol. The second kappa shape index (κ2) is 5.36. The number of H-pyrrole nitrogens is 1. The number of oxazole rings is 1. The lowest BCUT2D eigenvalue weighted by Gasteiger charge is -2.09. The van der Waals surface area contributed by atoms with Gasteiger partial charge in [0.05, 0.1) is 11.3 Å². The van der Waals surface area contributed by atoms with Gasteiger partial charge in [-0.1, -0.05) is 13.3 Å². The van der Waals surface area contributed by atoms with Crippen LogP contribution < -0.4 is 11.2 Å². The normalized spacial score (nSPS) is 10.9. The number of hydrogen-bond donors (Lipinski definition) is 2. The van der Waals surface area contributed by atoms with Crippen LogP contribution in [0.15, 0.2) is 14.0 Å². The molecule has 0 spiro atoms. The quantitative estimate of drug-likeness (QED) is 0.864. The molecule has 0 bridgehead atoms. The van der Waals surface area contributed by atoms with Crippen LogP contribution in [0.2, 0.25) is 0 Å². The van der Waals surface area contributed by atoms with E-state index in [1.165, 1.54) is 0 Å². The number of nitrogens with zero attached hydrogens (tertiary/aromatic N) is 2. The Morgan fingerprint density at radius 1 is 1.35 bits per heavy atom. The summed E-state index contributed by atoms with van der Waals surface area (Å²) in [6.45, 7) is 5.42. The number of nitrogens with one attached hydrogen (secondary N) is 1. The van der Waals surface area contributed by atoms with Gasteiger partial charge in [-0.15, -0.1) is 0 Å². The highest BCUT2D eigenvalue weighted by Crippen LogP contribution is 2.15. The second-order valence-electron chi connectivity index (χ2n) is 4.65. The largest absolute Gasteiger partial charge is 0.494 e. The van der Waals surface area contributed by atoms with Crippen LogP contribution in [0.3, 0.4) is 0 Å². The standard InChI is InChI=1S/C13H17N3O4/c1-4-5-9-11(17)15-13(19)16(12(9)18)6-10-14-7(2)8(3)20-10/h18H,4-6H2,1-3H3,(H,15,17,19). The molecule has 2 heterocycles. The summed E-state index contributed by atoms with van der Waals surface area (Å²) in [5, 5.41) is 10.1. The zero-order valence-electron chi connectivity index (χ0n) is 11.7. The minimum absolute atomic E-state index is 0.0210. The van der Waals surface area contributed by atoms with Crippen molar-refractivity contribution in [2.75, 3.05) is 0 Å². The van der Waals surface area contributed by atoms with E-state index in [9.17, 15) is 14.7 Å². The van der Waals surface area contributed by atoms with Crippen LogP contribution in [0, 0.1) is 13.8 Å². The second-order valence-corrected chi connectivity index (χ2v) is 4.65. The molecule has 0 saturated carbocycles. The number of hydrogen-bond acceptors (Lipinski definition) is 5. The predicted octanol–water partition coefficient (Wildman–Crippen LogP) is 0.848. The summed E-state index contributed by atoms with van der Waals surface area (Å²) in [6.07, 6.45) is 1.08. The van der Waals surface area contributed by atoms with Gasteiger partial charge in [-0.05, 0) is 20.3 Å². The molecule has 0 atom stereocenters. The summed E-state index contributed by atoms with van der Waals surface area (Å²) in [5.41, 5.74) is -0.302. The van der Waals surface area contributed by atoms with Gasteiger partial charge in [0.15, 0.2) is 0 Å². The summed E-state index contributed by atoms with van der Waals surface area (Å²) in [4.78, 5) is 29.8. The van der Waals surface area contributed by atoms with Crippen LogP contribution in [0.5, 0.6) is 5.88 Å². The van der Waals surface area contributed by atoms with Gasteiger partial charge in [0, 0.05) is 0 Å². The van der Waals surface area contributed by atoms with Crippen LogP contribution in [0.4, 0.5) is 0 Å². The van der Waals surface area contributed by atoms with Crippen molar-refractivity contribution in [1.29, 1.82) is 0 Å². The van der Waals surface area contributed by atoms with E-state index in [2.05, 4.69) is 9.97 Å². The highest BCUT2D eigenvalue weighted by Gasteiger charge is 2.16. The Morgan fingerprint density at radius 3 is 2.60 bits per heavy atom. The molecule has 0 aromatic carbocycles. The van der Waals surface area contributed by atoms with Crippen molar-refractivity contribution in [3.63, 3.8) is 0 Å². The van der Waals surface area contributed by atoms with Gasteiger partial charge in [0.2, 0.25) is 11.8 Å². The van der Waals surface area contributed by atoms with Crippen molar-refractivity contribution in [3.8, 4) is 5.88 Å². The molecule has 0 radical (unpaired) electrons. The van der Waals surface area contributed by atoms with Crippen molar-refractivity contribution >= 4 is 0 Å². The third kappa shape index (κ3) is 2.52. The minimum Gasteiger partial charge on any atom is -0.494 e. The lowest BCUT2D eigenvalue weighted by atomic mass is 10.2. The Morgan fingerprint density at radius 2 is 2.05 bits per heavy atom. The van der Waals surface area contributed by atoms with Crippen molar-refractivity contribution in [1.82, 2.24) is 14.5 Å². The van der Waals surface area contributed by atoms with Crippen LogP contribution in [0.25, 0.3) is 0 Å². The van der Waals surface area contributed by atoms with E-state index in [-0.39, 0.29) is 18.0 Å². The highest BCUT2D eigenvalue weighted by molar-refractivity contribution is 5.23. The van der Waals surface area contributed by atoms with Crippen LogP contribution >= 0.6 is 0 Å². The fourth-order valence-electron chi connectivity index (χ4n) is 1.96. The molecule has 7 nitrogen and oxygen atoms in total. The van der Waals surface area contributed by atoms with E-state index in [1.807, 2.05) is 6.92 Å². The first-order valence-electron chi connectivity index (χ1n) is 6.41. The van der Waals surface area contributed by atoms with E-state index in [1.54, 1.807) is 13.8 Å². The molecule has 0 fully saturated rings. The molecule has 2 aromatic heterocycles. The van der Waals surface area contributed by atoms with Crippen LogP contribution in [-0.4, -0.2) is 19.6 Å². The number of aromatic nitrogens is 3. The average Bonchev–Trinajstić information content (AvgIpc) is 2.69. The van der Waals surface area contributed by atoms with E-state index >= 15 is 0 Å². The Labute approximate surface area is 114 Å². The molecule has 20 heavy (non-hydrogen) atoms. The summed E-state index contributed by atoms with van der Waals surface area (Å²) in [6, 6.07) is 0. The fraction of sp³-hybridized carbons (Fsp3) is 0.462. The fourth-order valence-corrected chi connectivity index (χ4v) is 1.96. The van der Waals surface area contributed by atoms with Gasteiger partial charge in [0.25, 0.3) is 5.56 Å². The lowest BCUT2D eigenvalue weighted by molar-refractivity contribution is 0.379. The van der Waals surface area contributed by atoms with Gasteiger partial charge in [0.1, 0.15) is 12.3 Å². The third-order valence-electron chi connectivity index (χ3n) is 3.13. The van der Waals surface area contributed by atoms with Crippen molar-refractivity contribution < 1.29 is 9.52 Å². The van der Waals surface area contributed by atoms with Crippen LogP contribution in [0.1, 0.15) is 36.3 Å². The zero-order valence-corrected chi connectivity index (χ0v) is 11.7. The SMILES string of the molecule is CCCc1c(O)n(Cc2nc(C)c(C)o2)c(=O)[nH]c1=O. The smallest absolute Gasteiger partial charge is 0.331 e. The maximum absolute atomic E-state index is 11.8. The molecule has 2 N–H and O–H groups in total. The van der Waals surface area contributed by atoms with Crippen LogP contribution in [-0.2, 0) is 13.0 Å². The van der Waals surface area contributed by atoms with E-state index < -0.39 is 11.2 Å². The van der Waals surface area contributed by atoms with Gasteiger partial charge in [-0.25, -0.2) is 9.78 Å². The Bertz CT molecular complexity index is 720. The molecule has 0 aliphatic carbocycles. The van der Waals surface area contributed by atoms with Gasteiger partial charge in [-0.2, -0.15) is 0 Å². The van der Waals surface area contributed by atoms with Gasteiger partial charge >= 0.3 is 5.69 Å². The Balaban J connectivity index is 2.48. The Hall–Kier alpha value is -2.31. The predicted molar refractivity (Wildman–Crippen MR) is 72.1 cm³/mol. The van der Waals surface area contributed by atoms with E-state index in [0.717, 1.165) is 10.3 Å². The minimum atomic E-state index is -0.680. The summed E-state index contributed by atoms with van der Waals surface area (Å²) >= 11 is 0. The third-order valence-corrected chi connectivity index (χ3v) is 3.13. The van der Waals surface area contributed by atoms with E-state index in [4.69, 9.17) is 4.42 Å². The molecule has 0 amide bonds. The molecular formula is C13H17N3O4. The van der Waals surface area contributed by atoms with Gasteiger partial charge in [-0.3, -0.25) is 14.3 Å². The van der Waals surface area contributed by atoms with Crippen molar-refractivity contribution in [2.24, 2.45) is 0 Å². The summed E-state index contributed by atoms with van der Waals surface area (Å²) in [7, 11) is 0. The zero-order chi connectivity index (χ0) is 14.9. The monoisotopic (exact) mass is 279 g/mol. The Kier molecular flexibility index (Phi) is 3.78. The lowest BCUT2D eigenvalue weighted by Crippen LogP contribution is -2.32. The highest BCUT2D eigenvalue weighted by atomic mass is 16.4. The molecule has 108 valence electrons. The number of aromatic hydroxyl groups is 1. The summed E-state index contributed by atoms with van der Waals surface area (Å²) in [5.74, 6) is 0.645. The molecule has 0 unspecified atom stereocenters. The molecule has 0 aliphatic rings. The number of rotatable bonds is 4. The number of aromatic amines is 1. The first-order chi connectivity index (χ1) is 9.43. The molecule has 2 rings (SSSR count). The maximum atomic E-state index is 11.8. The first kappa shape index (κ1) is 14.1. The summed E-state index contributed by atoms with van der Waals surface area (Å²) < 4.78 is 6.44. The number of aryl methyl sites for hydroxylation is 2. The topological polar surface area (TPSA) is 101 Å². The molecule has 7 heteroatoms.